The molecule has 0 fully saturated rings. The molecule has 0 aromatic heterocycles. The maximum atomic E-state index is 12.0. The van der Waals surface area contributed by atoms with Crippen LogP contribution in [0.3, 0.4) is 0 Å². The molecular weight excluding hydrogens is 304 g/mol. The third kappa shape index (κ3) is 4.71. The van der Waals surface area contributed by atoms with Gasteiger partial charge in [0.25, 0.3) is 11.8 Å². The third-order valence-corrected chi connectivity index (χ3v) is 3.48. The second-order valence-corrected chi connectivity index (χ2v) is 5.07. The molecule has 2 N–H and O–H groups in total. The Morgan fingerprint density at radius 1 is 1.04 bits per heavy atom. The Kier molecular flexibility index (Phi) is 6.14. The highest BCUT2D eigenvalue weighted by Crippen LogP contribution is 2.18. The fourth-order valence-electron chi connectivity index (χ4n) is 2.09. The summed E-state index contributed by atoms with van der Waals surface area (Å²) < 4.78 is 5.20. The van der Waals surface area contributed by atoms with Crippen molar-refractivity contribution in [2.75, 3.05) is 7.11 Å². The number of aryl methyl sites for hydroxylation is 1. The zero-order chi connectivity index (χ0) is 17.4. The number of ether oxygens (including phenoxy) is 1. The van der Waals surface area contributed by atoms with Crippen molar-refractivity contribution < 1.29 is 14.3 Å². The Balaban J connectivity index is 1.90. The van der Waals surface area contributed by atoms with E-state index >= 15 is 0 Å². The molecule has 0 aliphatic heterocycles. The maximum Gasteiger partial charge on any atom is 0.269 e. The first-order chi connectivity index (χ1) is 11.6. The zero-order valence-electron chi connectivity index (χ0n) is 13.7. The van der Waals surface area contributed by atoms with Gasteiger partial charge < -0.3 is 4.74 Å². The summed E-state index contributed by atoms with van der Waals surface area (Å²) in [6.45, 7) is 2.05. The molecule has 0 aliphatic carbocycles. The van der Waals surface area contributed by atoms with Crippen LogP contribution in [0, 0.1) is 0 Å². The van der Waals surface area contributed by atoms with Crippen LogP contribution in [0.4, 0.5) is 0 Å². The van der Waals surface area contributed by atoms with E-state index in [9.17, 15) is 9.59 Å². The first-order valence-electron chi connectivity index (χ1n) is 7.64. The monoisotopic (exact) mass is 324 g/mol. The molecule has 0 heterocycles. The van der Waals surface area contributed by atoms with Crippen LogP contribution >= 0.6 is 0 Å². The van der Waals surface area contributed by atoms with E-state index in [-0.39, 0.29) is 5.91 Å². The first kappa shape index (κ1) is 17.3. The average Bonchev–Trinajstić information content (AvgIpc) is 2.64. The van der Waals surface area contributed by atoms with Gasteiger partial charge in [-0.05, 0) is 36.3 Å². The van der Waals surface area contributed by atoms with Crippen LogP contribution in [-0.4, -0.2) is 18.9 Å². The smallest absolute Gasteiger partial charge is 0.269 e. The van der Waals surface area contributed by atoms with Crippen molar-refractivity contribution in [3.63, 3.8) is 0 Å². The third-order valence-electron chi connectivity index (χ3n) is 3.48. The first-order valence-corrected chi connectivity index (χ1v) is 7.64. The van der Waals surface area contributed by atoms with Gasteiger partial charge in [0.15, 0.2) is 0 Å². The summed E-state index contributed by atoms with van der Waals surface area (Å²) >= 11 is 0. The number of para-hydroxylation sites is 1. The van der Waals surface area contributed by atoms with Gasteiger partial charge >= 0.3 is 0 Å². The number of hydrogen-bond acceptors (Lipinski definition) is 3. The Hall–Kier alpha value is -3.08. The van der Waals surface area contributed by atoms with Gasteiger partial charge in [0.2, 0.25) is 0 Å². The van der Waals surface area contributed by atoms with Gasteiger partial charge in [-0.3, -0.25) is 20.4 Å². The minimum absolute atomic E-state index is 0.364. The highest BCUT2D eigenvalue weighted by atomic mass is 16.5. The van der Waals surface area contributed by atoms with Crippen molar-refractivity contribution in [1.82, 2.24) is 10.9 Å². The second-order valence-electron chi connectivity index (χ2n) is 5.07. The summed E-state index contributed by atoms with van der Waals surface area (Å²) in [5.41, 5.74) is 7.14. The lowest BCUT2D eigenvalue weighted by Crippen LogP contribution is -2.40. The molecule has 2 aromatic rings. The standard InChI is InChI=1S/C19H20N2O3/c1-3-14-8-10-16(11-9-14)19(23)21-20-18(22)13-12-15-6-4-5-7-17(15)24-2/h4-13H,3H2,1-2H3,(H,20,22)(H,21,23)/b13-12+. The number of methoxy groups -OCH3 is 1. The molecule has 5 heteroatoms. The molecule has 2 rings (SSSR count). The summed E-state index contributed by atoms with van der Waals surface area (Å²) in [4.78, 5) is 23.8. The van der Waals surface area contributed by atoms with Gasteiger partial charge in [-0.2, -0.15) is 0 Å². The molecule has 5 nitrogen and oxygen atoms in total. The maximum absolute atomic E-state index is 12.0. The molecular formula is C19H20N2O3. The van der Waals surface area contributed by atoms with Crippen molar-refractivity contribution in [2.24, 2.45) is 0 Å². The molecule has 0 bridgehead atoms. The van der Waals surface area contributed by atoms with Crippen LogP contribution in [0.5, 0.6) is 5.75 Å². The number of carbonyl (C=O) groups excluding carboxylic acids is 2. The van der Waals surface area contributed by atoms with Crippen molar-refractivity contribution >= 4 is 17.9 Å². The summed E-state index contributed by atoms with van der Waals surface area (Å²) in [5.74, 6) is -0.127. The van der Waals surface area contributed by atoms with Crippen molar-refractivity contribution in [3.05, 3.63) is 71.3 Å². The van der Waals surface area contributed by atoms with Crippen LogP contribution in [0.25, 0.3) is 6.08 Å². The molecule has 2 amide bonds. The van der Waals surface area contributed by atoms with Crippen molar-refractivity contribution in [2.45, 2.75) is 13.3 Å². The van der Waals surface area contributed by atoms with E-state index in [4.69, 9.17) is 4.74 Å². The summed E-state index contributed by atoms with van der Waals surface area (Å²) in [6.07, 6.45) is 3.86. The fraction of sp³-hybridized carbons (Fsp3) is 0.158. The van der Waals surface area contributed by atoms with Gasteiger partial charge in [-0.25, -0.2) is 0 Å². The lowest BCUT2D eigenvalue weighted by molar-refractivity contribution is -0.117. The number of benzene rings is 2. The molecule has 0 saturated heterocycles. The van der Waals surface area contributed by atoms with Gasteiger partial charge in [0, 0.05) is 17.2 Å². The van der Waals surface area contributed by atoms with E-state index in [1.54, 1.807) is 31.4 Å². The lowest BCUT2D eigenvalue weighted by atomic mass is 10.1. The predicted octanol–water partition coefficient (Wildman–Crippen LogP) is 2.73. The zero-order valence-corrected chi connectivity index (χ0v) is 13.7. The summed E-state index contributed by atoms with van der Waals surface area (Å²) in [5, 5.41) is 0. The van der Waals surface area contributed by atoms with Crippen LogP contribution < -0.4 is 15.6 Å². The molecule has 0 aliphatic rings. The predicted molar refractivity (Wildman–Crippen MR) is 93.5 cm³/mol. The van der Waals surface area contributed by atoms with Crippen LogP contribution in [-0.2, 0) is 11.2 Å². The highest BCUT2D eigenvalue weighted by Gasteiger charge is 2.06. The van der Waals surface area contributed by atoms with Gasteiger partial charge in [-0.15, -0.1) is 0 Å². The van der Waals surface area contributed by atoms with Crippen LogP contribution in [0.15, 0.2) is 54.6 Å². The molecule has 2 aromatic carbocycles. The summed E-state index contributed by atoms with van der Waals surface area (Å²) in [6, 6.07) is 14.6. The van der Waals surface area contributed by atoms with E-state index in [1.807, 2.05) is 37.3 Å². The topological polar surface area (TPSA) is 67.4 Å². The second kappa shape index (κ2) is 8.53. The van der Waals surface area contributed by atoms with Gasteiger partial charge in [0.05, 0.1) is 7.11 Å². The Labute approximate surface area is 141 Å². The number of amides is 2. The average molecular weight is 324 g/mol. The summed E-state index contributed by atoms with van der Waals surface area (Å²) in [7, 11) is 1.57. The van der Waals surface area contributed by atoms with Gasteiger partial charge in [-0.1, -0.05) is 37.3 Å². The fourth-order valence-corrected chi connectivity index (χ4v) is 2.09. The Morgan fingerprint density at radius 2 is 1.75 bits per heavy atom. The number of hydrogen-bond donors (Lipinski definition) is 2. The van der Waals surface area contributed by atoms with Crippen LogP contribution in [0.2, 0.25) is 0 Å². The van der Waals surface area contributed by atoms with E-state index in [1.165, 1.54) is 6.08 Å². The number of carbonyl (C=O) groups is 2. The largest absolute Gasteiger partial charge is 0.496 e. The van der Waals surface area contributed by atoms with Crippen molar-refractivity contribution in [3.8, 4) is 5.75 Å². The van der Waals surface area contributed by atoms with Crippen molar-refractivity contribution in [1.29, 1.82) is 0 Å². The molecule has 124 valence electrons. The number of hydrazine groups is 1. The quantitative estimate of drug-likeness (QED) is 0.656. The normalized spacial score (nSPS) is 10.4. The number of rotatable bonds is 5. The highest BCUT2D eigenvalue weighted by molar-refractivity contribution is 5.98. The molecule has 0 saturated carbocycles. The molecule has 0 spiro atoms. The minimum Gasteiger partial charge on any atom is -0.496 e. The molecule has 0 atom stereocenters. The number of nitrogens with one attached hydrogen (secondary N) is 2. The Morgan fingerprint density at radius 3 is 2.42 bits per heavy atom. The Bertz CT molecular complexity index is 737. The van der Waals surface area contributed by atoms with E-state index in [2.05, 4.69) is 10.9 Å². The minimum atomic E-state index is -0.431. The van der Waals surface area contributed by atoms with E-state index in [0.29, 0.717) is 11.3 Å². The van der Waals surface area contributed by atoms with E-state index in [0.717, 1.165) is 17.5 Å². The van der Waals surface area contributed by atoms with E-state index < -0.39 is 5.91 Å². The SMILES string of the molecule is CCc1ccc(C(=O)NNC(=O)/C=C/c2ccccc2OC)cc1. The lowest BCUT2D eigenvalue weighted by Gasteiger charge is -2.06. The van der Waals surface area contributed by atoms with Gasteiger partial charge in [0.1, 0.15) is 5.75 Å². The molecule has 0 unspecified atom stereocenters. The molecule has 24 heavy (non-hydrogen) atoms. The molecule has 0 radical (unpaired) electrons. The van der Waals surface area contributed by atoms with Crippen LogP contribution in [0.1, 0.15) is 28.4 Å².